The van der Waals surface area contributed by atoms with E-state index in [1.807, 2.05) is 24.7 Å². The highest BCUT2D eigenvalue weighted by atomic mass is 35.5. The molecular weight excluding hydrogens is 210 g/mol. The molecule has 0 aliphatic carbocycles. The molecule has 3 nitrogen and oxygen atoms in total. The van der Waals surface area contributed by atoms with Crippen LogP contribution in [0, 0.1) is 0 Å². The number of aromatic nitrogens is 2. The van der Waals surface area contributed by atoms with Crippen LogP contribution in [0.5, 0.6) is 0 Å². The van der Waals surface area contributed by atoms with Gasteiger partial charge in [0.15, 0.2) is 0 Å². The van der Waals surface area contributed by atoms with E-state index in [0.29, 0.717) is 0 Å². The number of hydrogen-bond donors (Lipinski definition) is 1. The Balaban J connectivity index is 2.54. The molecule has 1 aromatic heterocycles. The van der Waals surface area contributed by atoms with E-state index in [9.17, 15) is 0 Å². The Labute approximate surface area is 94.0 Å². The predicted molar refractivity (Wildman–Crippen MR) is 63.2 cm³/mol. The molecule has 0 fully saturated rings. The Hall–Kier alpha value is -1.06. The lowest BCUT2D eigenvalue weighted by Gasteiger charge is -1.99. The molecule has 80 valence electrons. The van der Waals surface area contributed by atoms with Crippen molar-refractivity contribution < 1.29 is 0 Å². The van der Waals surface area contributed by atoms with Crippen molar-refractivity contribution in [3.05, 3.63) is 28.9 Å². The van der Waals surface area contributed by atoms with Gasteiger partial charge in [-0.05, 0) is 31.7 Å². The molecule has 1 aromatic carbocycles. The molecular formula is C11H14ClN3. The zero-order valence-corrected chi connectivity index (χ0v) is 9.67. The summed E-state index contributed by atoms with van der Waals surface area (Å²) in [6.07, 6.45) is 0. The van der Waals surface area contributed by atoms with Crippen LogP contribution in [0.25, 0.3) is 10.9 Å². The zero-order valence-electron chi connectivity index (χ0n) is 8.92. The Morgan fingerprint density at radius 2 is 2.27 bits per heavy atom. The molecule has 0 radical (unpaired) electrons. The van der Waals surface area contributed by atoms with Gasteiger partial charge in [0.05, 0.1) is 5.52 Å². The van der Waals surface area contributed by atoms with Gasteiger partial charge >= 0.3 is 0 Å². The first-order valence-electron chi connectivity index (χ1n) is 5.05. The fourth-order valence-electron chi connectivity index (χ4n) is 1.67. The molecule has 15 heavy (non-hydrogen) atoms. The van der Waals surface area contributed by atoms with E-state index in [2.05, 4.69) is 22.5 Å². The van der Waals surface area contributed by atoms with Crippen molar-refractivity contribution in [3.63, 3.8) is 0 Å². The smallest absolute Gasteiger partial charge is 0.134 e. The lowest BCUT2D eigenvalue weighted by atomic mass is 10.1. The number of fused-ring (bicyclic) bond motifs is 1. The molecule has 2 aromatic rings. The van der Waals surface area contributed by atoms with Crippen LogP contribution in [0.1, 0.15) is 12.5 Å². The molecule has 0 saturated heterocycles. The van der Waals surface area contributed by atoms with E-state index in [4.69, 9.17) is 11.6 Å². The van der Waals surface area contributed by atoms with Gasteiger partial charge in [0.2, 0.25) is 0 Å². The number of nitrogens with zero attached hydrogens (tertiary/aromatic N) is 2. The maximum absolute atomic E-state index is 6.21. The minimum absolute atomic E-state index is 0.727. The monoisotopic (exact) mass is 223 g/mol. The zero-order chi connectivity index (χ0) is 10.8. The highest BCUT2D eigenvalue weighted by molar-refractivity contribution is 6.34. The molecule has 0 saturated carbocycles. The summed E-state index contributed by atoms with van der Waals surface area (Å²) in [6, 6.07) is 6.18. The summed E-state index contributed by atoms with van der Waals surface area (Å²) in [4.78, 5) is 0. The molecule has 0 bridgehead atoms. The van der Waals surface area contributed by atoms with Crippen molar-refractivity contribution in [1.82, 2.24) is 15.1 Å². The summed E-state index contributed by atoms with van der Waals surface area (Å²) in [7, 11) is 1.93. The molecule has 0 amide bonds. The van der Waals surface area contributed by atoms with Crippen molar-refractivity contribution in [2.75, 3.05) is 7.05 Å². The maximum atomic E-state index is 6.21. The fraction of sp³-hybridized carbons (Fsp3) is 0.364. The van der Waals surface area contributed by atoms with E-state index in [1.165, 1.54) is 5.56 Å². The summed E-state index contributed by atoms with van der Waals surface area (Å²) in [5, 5.41) is 9.28. The second-order valence-electron chi connectivity index (χ2n) is 3.49. The Morgan fingerprint density at radius 3 is 2.93 bits per heavy atom. The largest absolute Gasteiger partial charge is 0.316 e. The molecule has 0 unspecified atom stereocenters. The second kappa shape index (κ2) is 4.21. The maximum Gasteiger partial charge on any atom is 0.134 e. The van der Waals surface area contributed by atoms with Gasteiger partial charge in [0, 0.05) is 18.5 Å². The van der Waals surface area contributed by atoms with Crippen molar-refractivity contribution in [2.45, 2.75) is 20.0 Å². The number of aryl methyl sites for hydroxylation is 1. The van der Waals surface area contributed by atoms with Crippen molar-refractivity contribution in [3.8, 4) is 0 Å². The Bertz CT molecular complexity index is 476. The van der Waals surface area contributed by atoms with Gasteiger partial charge in [-0.1, -0.05) is 17.7 Å². The Morgan fingerprint density at radius 1 is 1.47 bits per heavy atom. The van der Waals surface area contributed by atoms with Gasteiger partial charge in [-0.2, -0.15) is 5.10 Å². The molecule has 1 heterocycles. The van der Waals surface area contributed by atoms with Crippen LogP contribution in [-0.2, 0) is 13.1 Å². The molecule has 1 N–H and O–H groups in total. The minimum atomic E-state index is 0.727. The Kier molecular flexibility index (Phi) is 2.93. The molecule has 0 spiro atoms. The summed E-state index contributed by atoms with van der Waals surface area (Å²) in [5.74, 6) is 0. The SMILES string of the molecule is CCn1nc2ccc(CNC)cc2c1Cl. The highest BCUT2D eigenvalue weighted by Gasteiger charge is 2.07. The summed E-state index contributed by atoms with van der Waals surface area (Å²) >= 11 is 6.21. The van der Waals surface area contributed by atoms with Gasteiger partial charge in [-0.3, -0.25) is 4.68 Å². The van der Waals surface area contributed by atoms with E-state index in [0.717, 1.165) is 29.1 Å². The van der Waals surface area contributed by atoms with Gasteiger partial charge in [0.1, 0.15) is 5.15 Å². The number of benzene rings is 1. The average Bonchev–Trinajstić information content (AvgIpc) is 2.56. The normalized spacial score (nSPS) is 11.1. The molecule has 0 aliphatic rings. The standard InChI is InChI=1S/C11H14ClN3/c1-3-15-11(12)9-6-8(7-13-2)4-5-10(9)14-15/h4-6,13H,3,7H2,1-2H3. The lowest BCUT2D eigenvalue weighted by molar-refractivity contribution is 0.669. The van der Waals surface area contributed by atoms with Crippen LogP contribution in [0.4, 0.5) is 0 Å². The first kappa shape index (κ1) is 10.5. The number of halogens is 1. The number of rotatable bonds is 3. The second-order valence-corrected chi connectivity index (χ2v) is 3.85. The fourth-order valence-corrected chi connectivity index (χ4v) is 1.98. The predicted octanol–water partition coefficient (Wildman–Crippen LogP) is 2.43. The van der Waals surface area contributed by atoms with Crippen molar-refractivity contribution >= 4 is 22.5 Å². The van der Waals surface area contributed by atoms with Crippen molar-refractivity contribution in [2.24, 2.45) is 0 Å². The topological polar surface area (TPSA) is 29.9 Å². The third-order valence-corrected chi connectivity index (χ3v) is 2.82. The molecule has 0 atom stereocenters. The quantitative estimate of drug-likeness (QED) is 0.866. The first-order chi connectivity index (χ1) is 7.26. The van der Waals surface area contributed by atoms with Crippen LogP contribution in [-0.4, -0.2) is 16.8 Å². The molecule has 0 aliphatic heterocycles. The van der Waals surface area contributed by atoms with Crippen LogP contribution in [0.3, 0.4) is 0 Å². The van der Waals surface area contributed by atoms with Gasteiger partial charge in [0.25, 0.3) is 0 Å². The summed E-state index contributed by atoms with van der Waals surface area (Å²) in [5.41, 5.74) is 2.18. The van der Waals surface area contributed by atoms with Gasteiger partial charge in [-0.25, -0.2) is 0 Å². The highest BCUT2D eigenvalue weighted by Crippen LogP contribution is 2.24. The van der Waals surface area contributed by atoms with Crippen LogP contribution < -0.4 is 5.32 Å². The molecule has 4 heteroatoms. The third kappa shape index (κ3) is 1.85. The number of nitrogens with one attached hydrogen (secondary N) is 1. The lowest BCUT2D eigenvalue weighted by Crippen LogP contribution is -2.04. The van der Waals surface area contributed by atoms with Crippen LogP contribution >= 0.6 is 11.6 Å². The van der Waals surface area contributed by atoms with E-state index in [1.54, 1.807) is 0 Å². The van der Waals surface area contributed by atoms with E-state index in [-0.39, 0.29) is 0 Å². The summed E-state index contributed by atoms with van der Waals surface area (Å²) in [6.45, 7) is 3.69. The van der Waals surface area contributed by atoms with E-state index >= 15 is 0 Å². The number of hydrogen-bond acceptors (Lipinski definition) is 2. The molecule has 2 rings (SSSR count). The average molecular weight is 224 g/mol. The van der Waals surface area contributed by atoms with E-state index < -0.39 is 0 Å². The van der Waals surface area contributed by atoms with Gasteiger partial charge < -0.3 is 5.32 Å². The minimum Gasteiger partial charge on any atom is -0.316 e. The third-order valence-electron chi connectivity index (χ3n) is 2.42. The van der Waals surface area contributed by atoms with Crippen LogP contribution in [0.2, 0.25) is 5.15 Å². The summed E-state index contributed by atoms with van der Waals surface area (Å²) < 4.78 is 1.81. The van der Waals surface area contributed by atoms with Gasteiger partial charge in [-0.15, -0.1) is 0 Å². The van der Waals surface area contributed by atoms with Crippen LogP contribution in [0.15, 0.2) is 18.2 Å². The first-order valence-corrected chi connectivity index (χ1v) is 5.43. The van der Waals surface area contributed by atoms with Crippen molar-refractivity contribution in [1.29, 1.82) is 0 Å².